The van der Waals surface area contributed by atoms with Crippen LogP contribution in [-0.2, 0) is 9.63 Å². The first-order chi connectivity index (χ1) is 10.6. The molecule has 6 heteroatoms. The predicted octanol–water partition coefficient (Wildman–Crippen LogP) is 3.86. The largest absolute Gasteiger partial charge is 0.356 e. The Kier molecular flexibility index (Phi) is 3.85. The van der Waals surface area contributed by atoms with Gasteiger partial charge in [0.2, 0.25) is 0 Å². The second-order valence-corrected chi connectivity index (χ2v) is 5.80. The number of fused-ring (bicyclic) bond motifs is 1. The smallest absolute Gasteiger partial charge is 0.336 e. The summed E-state index contributed by atoms with van der Waals surface area (Å²) in [5.41, 5.74) is 2.41. The first-order valence-corrected chi connectivity index (χ1v) is 7.48. The highest BCUT2D eigenvalue weighted by Gasteiger charge is 2.36. The fourth-order valence-corrected chi connectivity index (χ4v) is 2.85. The van der Waals surface area contributed by atoms with Gasteiger partial charge in [0.15, 0.2) is 0 Å². The molecule has 0 fully saturated rings. The number of halogens is 1. The molecule has 0 saturated heterocycles. The van der Waals surface area contributed by atoms with Crippen molar-refractivity contribution in [2.75, 3.05) is 5.32 Å². The Morgan fingerprint density at radius 2 is 1.95 bits per heavy atom. The van der Waals surface area contributed by atoms with Gasteiger partial charge in [-0.05, 0) is 23.8 Å². The molecular weight excluding hydrogens is 348 g/mol. The molecule has 2 aromatic rings. The van der Waals surface area contributed by atoms with Crippen LogP contribution in [0.1, 0.15) is 24.1 Å². The summed E-state index contributed by atoms with van der Waals surface area (Å²) in [7, 11) is 0. The third-order valence-corrected chi connectivity index (χ3v) is 3.82. The molecule has 1 aliphatic rings. The molecule has 1 N–H and O–H groups in total. The molecule has 1 heterocycles. The molecule has 112 valence electrons. The Hall–Kier alpha value is -2.34. The number of hydrogen-bond acceptors (Lipinski definition) is 3. The monoisotopic (exact) mass is 360 g/mol. The third kappa shape index (κ3) is 2.69. The van der Waals surface area contributed by atoms with Crippen LogP contribution >= 0.6 is 15.9 Å². The molecule has 0 unspecified atom stereocenters. The van der Waals surface area contributed by atoms with E-state index in [9.17, 15) is 9.59 Å². The molecule has 1 atom stereocenters. The van der Waals surface area contributed by atoms with Crippen LogP contribution in [0, 0.1) is 0 Å². The first-order valence-electron chi connectivity index (χ1n) is 6.69. The molecule has 0 aliphatic carbocycles. The zero-order valence-electron chi connectivity index (χ0n) is 11.7. The fraction of sp³-hybridized carbons (Fsp3) is 0.125. The van der Waals surface area contributed by atoms with Gasteiger partial charge in [-0.1, -0.05) is 46.3 Å². The van der Waals surface area contributed by atoms with E-state index in [2.05, 4.69) is 21.2 Å². The molecule has 5 nitrogen and oxygen atoms in total. The number of nitrogens with one attached hydrogen (secondary N) is 1. The third-order valence-electron chi connectivity index (χ3n) is 3.33. The predicted molar refractivity (Wildman–Crippen MR) is 85.1 cm³/mol. The average molecular weight is 361 g/mol. The summed E-state index contributed by atoms with van der Waals surface area (Å²) in [5.74, 6) is -0.547. The molecule has 2 aromatic carbocycles. The highest BCUT2D eigenvalue weighted by molar-refractivity contribution is 9.10. The molecule has 0 saturated carbocycles. The lowest BCUT2D eigenvalue weighted by atomic mass is 9.95. The molecule has 0 spiro atoms. The Balaban J connectivity index is 2.15. The molecular formula is C16H13BrN2O3. The van der Waals surface area contributed by atoms with Crippen molar-refractivity contribution in [2.45, 2.75) is 13.0 Å². The van der Waals surface area contributed by atoms with Crippen LogP contribution in [0.15, 0.2) is 53.0 Å². The Bertz CT molecular complexity index is 733. The van der Waals surface area contributed by atoms with Crippen LogP contribution in [0.4, 0.5) is 10.5 Å². The van der Waals surface area contributed by atoms with Crippen molar-refractivity contribution in [2.24, 2.45) is 0 Å². The van der Waals surface area contributed by atoms with Gasteiger partial charge in [-0.2, -0.15) is 0 Å². The van der Waals surface area contributed by atoms with Gasteiger partial charge in [0.25, 0.3) is 0 Å². The van der Waals surface area contributed by atoms with Crippen LogP contribution in [0.2, 0.25) is 0 Å². The topological polar surface area (TPSA) is 58.6 Å². The average Bonchev–Trinajstić information content (AvgIpc) is 2.49. The lowest BCUT2D eigenvalue weighted by molar-refractivity contribution is -0.179. The zero-order chi connectivity index (χ0) is 15.7. The van der Waals surface area contributed by atoms with E-state index in [1.54, 1.807) is 0 Å². The van der Waals surface area contributed by atoms with Gasteiger partial charge < -0.3 is 10.2 Å². The van der Waals surface area contributed by atoms with Gasteiger partial charge in [-0.3, -0.25) is 4.79 Å². The number of benzene rings is 2. The van der Waals surface area contributed by atoms with E-state index in [0.29, 0.717) is 5.69 Å². The normalized spacial score (nSPS) is 16.7. The number of urea groups is 1. The van der Waals surface area contributed by atoms with Crippen molar-refractivity contribution in [3.63, 3.8) is 0 Å². The second-order valence-electron chi connectivity index (χ2n) is 4.88. The lowest BCUT2D eigenvalue weighted by Crippen LogP contribution is -2.43. The maximum absolute atomic E-state index is 12.3. The second kappa shape index (κ2) is 5.81. The van der Waals surface area contributed by atoms with Gasteiger partial charge in [-0.15, -0.1) is 5.06 Å². The van der Waals surface area contributed by atoms with E-state index in [1.807, 2.05) is 48.5 Å². The van der Waals surface area contributed by atoms with Gasteiger partial charge in [0.1, 0.15) is 6.04 Å². The summed E-state index contributed by atoms with van der Waals surface area (Å²) < 4.78 is 0.881. The fourth-order valence-electron chi connectivity index (χ4n) is 2.47. The molecule has 22 heavy (non-hydrogen) atoms. The summed E-state index contributed by atoms with van der Waals surface area (Å²) in [4.78, 5) is 28.8. The number of amides is 2. The van der Waals surface area contributed by atoms with E-state index in [1.165, 1.54) is 6.92 Å². The lowest BCUT2D eigenvalue weighted by Gasteiger charge is -2.35. The van der Waals surface area contributed by atoms with Gasteiger partial charge in [-0.25, -0.2) is 4.79 Å². The maximum Gasteiger partial charge on any atom is 0.356 e. The summed E-state index contributed by atoms with van der Waals surface area (Å²) in [6.45, 7) is 1.27. The summed E-state index contributed by atoms with van der Waals surface area (Å²) >= 11 is 3.44. The van der Waals surface area contributed by atoms with E-state index < -0.39 is 18.0 Å². The van der Waals surface area contributed by atoms with Crippen LogP contribution in [0.3, 0.4) is 0 Å². The number of nitrogens with zero attached hydrogens (tertiary/aromatic N) is 1. The highest BCUT2D eigenvalue weighted by atomic mass is 79.9. The molecule has 0 aromatic heterocycles. The Morgan fingerprint density at radius 1 is 1.23 bits per heavy atom. The van der Waals surface area contributed by atoms with Gasteiger partial charge >= 0.3 is 12.0 Å². The van der Waals surface area contributed by atoms with Gasteiger partial charge in [0.05, 0.1) is 0 Å². The zero-order valence-corrected chi connectivity index (χ0v) is 13.3. The number of anilines is 1. The van der Waals surface area contributed by atoms with Crippen LogP contribution < -0.4 is 5.32 Å². The minimum absolute atomic E-state index is 0.473. The van der Waals surface area contributed by atoms with Crippen molar-refractivity contribution >= 4 is 33.6 Å². The van der Waals surface area contributed by atoms with Crippen molar-refractivity contribution < 1.29 is 14.4 Å². The summed E-state index contributed by atoms with van der Waals surface area (Å²) in [6.07, 6.45) is 0. The van der Waals surface area contributed by atoms with E-state index in [4.69, 9.17) is 4.84 Å². The number of carbonyl (C=O) groups is 2. The van der Waals surface area contributed by atoms with E-state index >= 15 is 0 Å². The standard InChI is InChI=1S/C16H13BrN2O3/c1-10(20)22-19-15(11-5-3-2-4-6-11)13-9-12(17)7-8-14(13)18-16(19)21/h2-9,15H,1H3,(H,18,21)/t15-/m0/s1. The van der Waals surface area contributed by atoms with Crippen molar-refractivity contribution in [1.82, 2.24) is 5.06 Å². The number of hydrogen-bond donors (Lipinski definition) is 1. The van der Waals surface area contributed by atoms with Crippen LogP contribution in [0.5, 0.6) is 0 Å². The molecule has 0 bridgehead atoms. The molecule has 2 amide bonds. The number of hydroxylamine groups is 2. The molecule has 1 aliphatic heterocycles. The van der Waals surface area contributed by atoms with E-state index in [0.717, 1.165) is 20.7 Å². The number of rotatable bonds is 2. The maximum atomic E-state index is 12.3. The van der Waals surface area contributed by atoms with Crippen molar-refractivity contribution in [3.05, 3.63) is 64.1 Å². The molecule has 3 rings (SSSR count). The van der Waals surface area contributed by atoms with Crippen molar-refractivity contribution in [1.29, 1.82) is 0 Å². The SMILES string of the molecule is CC(=O)ON1C(=O)Nc2ccc(Br)cc2[C@@H]1c1ccccc1. The minimum Gasteiger partial charge on any atom is -0.336 e. The Morgan fingerprint density at radius 3 is 2.64 bits per heavy atom. The van der Waals surface area contributed by atoms with Crippen LogP contribution in [-0.4, -0.2) is 17.1 Å². The molecule has 0 radical (unpaired) electrons. The van der Waals surface area contributed by atoms with E-state index in [-0.39, 0.29) is 0 Å². The first kappa shape index (κ1) is 14.6. The highest BCUT2D eigenvalue weighted by Crippen LogP contribution is 2.39. The number of carbonyl (C=O) groups excluding carboxylic acids is 2. The quantitative estimate of drug-likeness (QED) is 0.884. The minimum atomic E-state index is -0.547. The van der Waals surface area contributed by atoms with Crippen molar-refractivity contribution in [3.8, 4) is 0 Å². The summed E-state index contributed by atoms with van der Waals surface area (Å²) in [5, 5.41) is 3.81. The summed E-state index contributed by atoms with van der Waals surface area (Å²) in [6, 6.07) is 14.0. The van der Waals surface area contributed by atoms with Gasteiger partial charge in [0, 0.05) is 22.6 Å². The Labute approximate surface area is 136 Å². The van der Waals surface area contributed by atoms with Crippen LogP contribution in [0.25, 0.3) is 0 Å².